The summed E-state index contributed by atoms with van der Waals surface area (Å²) in [6, 6.07) is 16.5. The summed E-state index contributed by atoms with van der Waals surface area (Å²) in [4.78, 5) is 8.86. The maximum absolute atomic E-state index is 4.60. The highest BCUT2D eigenvalue weighted by atomic mass is 127. The first-order valence-corrected chi connectivity index (χ1v) is 8.26. The molecule has 0 radical (unpaired) electrons. The summed E-state index contributed by atoms with van der Waals surface area (Å²) < 4.78 is 2.04. The number of imidazole rings is 1. The van der Waals surface area contributed by atoms with Gasteiger partial charge in [0.15, 0.2) is 5.96 Å². The minimum absolute atomic E-state index is 0. The Hall–Kier alpha value is -2.09. The number of halogens is 1. The van der Waals surface area contributed by atoms with Crippen LogP contribution in [-0.4, -0.2) is 35.5 Å². The van der Waals surface area contributed by atoms with E-state index in [9.17, 15) is 0 Å². The van der Waals surface area contributed by atoms with Crippen molar-refractivity contribution >= 4 is 35.6 Å². The van der Waals surface area contributed by atoms with Crippen LogP contribution >= 0.6 is 24.0 Å². The Kier molecular flexibility index (Phi) is 7.72. The van der Waals surface area contributed by atoms with Crippen molar-refractivity contribution in [1.82, 2.24) is 20.0 Å². The van der Waals surface area contributed by atoms with E-state index in [4.69, 9.17) is 0 Å². The number of nitrogens with one attached hydrogen (secondary N) is 2. The van der Waals surface area contributed by atoms with Gasteiger partial charge in [0.25, 0.3) is 0 Å². The molecule has 3 rings (SSSR count). The summed E-state index contributed by atoms with van der Waals surface area (Å²) in [5, 5.41) is 6.68. The molecular weight excluding hydrogens is 425 g/mol. The average Bonchev–Trinajstić information content (AvgIpc) is 3.04. The number of aromatic nitrogens is 2. The van der Waals surface area contributed by atoms with Crippen LogP contribution in [0, 0.1) is 0 Å². The number of fused-ring (bicyclic) bond motifs is 1. The van der Waals surface area contributed by atoms with Crippen LogP contribution in [0.25, 0.3) is 5.65 Å². The van der Waals surface area contributed by atoms with Gasteiger partial charge in [-0.05, 0) is 24.1 Å². The highest BCUT2D eigenvalue weighted by Gasteiger charge is 2.02. The van der Waals surface area contributed by atoms with Gasteiger partial charge >= 0.3 is 0 Å². The summed E-state index contributed by atoms with van der Waals surface area (Å²) in [5.74, 6) is 0.828. The van der Waals surface area contributed by atoms with Crippen molar-refractivity contribution in [2.75, 3.05) is 20.1 Å². The first kappa shape index (κ1) is 19.2. The van der Waals surface area contributed by atoms with E-state index in [1.807, 2.05) is 34.9 Å². The first-order chi connectivity index (χ1) is 11.8. The van der Waals surface area contributed by atoms with Crippen molar-refractivity contribution < 1.29 is 0 Å². The fraction of sp³-hybridized carbons (Fsp3) is 0.263. The Bertz CT molecular complexity index is 765. The Morgan fingerprint density at radius 1 is 1.00 bits per heavy atom. The second-order valence-electron chi connectivity index (χ2n) is 5.61. The van der Waals surface area contributed by atoms with Gasteiger partial charge in [0.1, 0.15) is 5.65 Å². The number of hydrogen-bond acceptors (Lipinski definition) is 2. The molecule has 25 heavy (non-hydrogen) atoms. The molecule has 2 heterocycles. The molecule has 2 aromatic heterocycles. The molecular formula is C19H24IN5. The van der Waals surface area contributed by atoms with E-state index < -0.39 is 0 Å². The van der Waals surface area contributed by atoms with Gasteiger partial charge < -0.3 is 15.0 Å². The quantitative estimate of drug-likeness (QED) is 0.346. The summed E-state index contributed by atoms with van der Waals surface area (Å²) in [6.45, 7) is 1.66. The number of pyridine rings is 1. The van der Waals surface area contributed by atoms with Crippen molar-refractivity contribution in [3.63, 3.8) is 0 Å². The van der Waals surface area contributed by atoms with Gasteiger partial charge in [-0.1, -0.05) is 36.4 Å². The monoisotopic (exact) mass is 449 g/mol. The molecule has 5 nitrogen and oxygen atoms in total. The molecule has 3 aromatic rings. The molecule has 0 saturated heterocycles. The van der Waals surface area contributed by atoms with Crippen molar-refractivity contribution in [1.29, 1.82) is 0 Å². The molecule has 1 aromatic carbocycles. The third kappa shape index (κ3) is 5.74. The highest BCUT2D eigenvalue weighted by molar-refractivity contribution is 14.0. The Labute approximate surface area is 165 Å². The largest absolute Gasteiger partial charge is 0.356 e. The summed E-state index contributed by atoms with van der Waals surface area (Å²) in [5.41, 5.74) is 3.39. The highest BCUT2D eigenvalue weighted by Crippen LogP contribution is 2.04. The van der Waals surface area contributed by atoms with E-state index in [0.717, 1.165) is 43.2 Å². The van der Waals surface area contributed by atoms with E-state index in [1.54, 1.807) is 7.05 Å². The summed E-state index contributed by atoms with van der Waals surface area (Å²) in [6.07, 6.45) is 5.93. The lowest BCUT2D eigenvalue weighted by molar-refractivity contribution is 0.778. The zero-order chi connectivity index (χ0) is 16.6. The molecule has 0 amide bonds. The van der Waals surface area contributed by atoms with Crippen molar-refractivity contribution in [3.05, 3.63) is 72.2 Å². The Morgan fingerprint density at radius 3 is 2.44 bits per heavy atom. The molecule has 0 bridgehead atoms. The standard InChI is InChI=1S/C19H23N5.HI/c1-20-19(21-12-10-16-7-3-2-4-8-16)22-13-11-17-15-24-14-6-5-9-18(24)23-17;/h2-9,14-15H,10-13H2,1H3,(H2,20,21,22);1H. The maximum Gasteiger partial charge on any atom is 0.190 e. The molecule has 0 spiro atoms. The average molecular weight is 449 g/mol. The number of guanidine groups is 1. The lowest BCUT2D eigenvalue weighted by Gasteiger charge is -2.11. The van der Waals surface area contributed by atoms with E-state index in [1.165, 1.54) is 5.56 Å². The predicted molar refractivity (Wildman–Crippen MR) is 114 cm³/mol. The topological polar surface area (TPSA) is 53.7 Å². The minimum Gasteiger partial charge on any atom is -0.356 e. The second-order valence-corrected chi connectivity index (χ2v) is 5.61. The van der Waals surface area contributed by atoms with Gasteiger partial charge in [-0.2, -0.15) is 0 Å². The van der Waals surface area contributed by atoms with E-state index in [2.05, 4.69) is 51.1 Å². The SMILES string of the molecule is CN=C(NCCc1ccccc1)NCCc1cn2ccccc2n1.I. The molecule has 2 N–H and O–H groups in total. The van der Waals surface area contributed by atoms with Crippen molar-refractivity contribution in [2.45, 2.75) is 12.8 Å². The van der Waals surface area contributed by atoms with E-state index in [-0.39, 0.29) is 24.0 Å². The summed E-state index contributed by atoms with van der Waals surface area (Å²) >= 11 is 0. The zero-order valence-electron chi connectivity index (χ0n) is 14.4. The third-order valence-electron chi connectivity index (χ3n) is 3.86. The van der Waals surface area contributed by atoms with Crippen LogP contribution in [0.4, 0.5) is 0 Å². The van der Waals surface area contributed by atoms with Crippen LogP contribution in [0.1, 0.15) is 11.3 Å². The van der Waals surface area contributed by atoms with Crippen LogP contribution in [0.3, 0.4) is 0 Å². The third-order valence-corrected chi connectivity index (χ3v) is 3.86. The lowest BCUT2D eigenvalue weighted by atomic mass is 10.1. The van der Waals surface area contributed by atoms with Crippen LogP contribution in [-0.2, 0) is 12.8 Å². The first-order valence-electron chi connectivity index (χ1n) is 8.26. The Morgan fingerprint density at radius 2 is 1.72 bits per heavy atom. The number of aliphatic imine (C=N–C) groups is 1. The second kappa shape index (κ2) is 10.0. The molecule has 6 heteroatoms. The molecule has 0 aliphatic heterocycles. The van der Waals surface area contributed by atoms with Gasteiger partial charge in [0, 0.05) is 39.0 Å². The molecule has 0 saturated carbocycles. The van der Waals surface area contributed by atoms with Gasteiger partial charge in [-0.3, -0.25) is 4.99 Å². The molecule has 0 aliphatic rings. The Balaban J connectivity index is 0.00000225. The molecule has 0 unspecified atom stereocenters. The van der Waals surface area contributed by atoms with Gasteiger partial charge in [0.2, 0.25) is 0 Å². The van der Waals surface area contributed by atoms with Crippen LogP contribution in [0.2, 0.25) is 0 Å². The van der Waals surface area contributed by atoms with Crippen LogP contribution in [0.15, 0.2) is 65.9 Å². The predicted octanol–water partition coefficient (Wildman–Crippen LogP) is 2.90. The molecule has 132 valence electrons. The zero-order valence-corrected chi connectivity index (χ0v) is 16.7. The fourth-order valence-corrected chi connectivity index (χ4v) is 2.61. The lowest BCUT2D eigenvalue weighted by Crippen LogP contribution is -2.39. The molecule has 0 aliphatic carbocycles. The summed E-state index contributed by atoms with van der Waals surface area (Å²) in [7, 11) is 1.79. The van der Waals surface area contributed by atoms with Gasteiger partial charge in [-0.15, -0.1) is 24.0 Å². The number of hydrogen-bond donors (Lipinski definition) is 2. The number of rotatable bonds is 6. The van der Waals surface area contributed by atoms with Crippen molar-refractivity contribution in [3.8, 4) is 0 Å². The van der Waals surface area contributed by atoms with E-state index in [0.29, 0.717) is 0 Å². The van der Waals surface area contributed by atoms with Gasteiger partial charge in [0.05, 0.1) is 5.69 Å². The van der Waals surface area contributed by atoms with Crippen LogP contribution in [0.5, 0.6) is 0 Å². The normalized spacial score (nSPS) is 11.2. The molecule has 0 atom stereocenters. The molecule has 0 fully saturated rings. The number of nitrogens with zero attached hydrogens (tertiary/aromatic N) is 3. The smallest absolute Gasteiger partial charge is 0.190 e. The number of benzene rings is 1. The fourth-order valence-electron chi connectivity index (χ4n) is 2.61. The minimum atomic E-state index is 0. The van der Waals surface area contributed by atoms with Gasteiger partial charge in [-0.25, -0.2) is 4.98 Å². The van der Waals surface area contributed by atoms with E-state index >= 15 is 0 Å². The maximum atomic E-state index is 4.60. The van der Waals surface area contributed by atoms with Crippen LogP contribution < -0.4 is 10.6 Å². The van der Waals surface area contributed by atoms with Crippen molar-refractivity contribution in [2.24, 2.45) is 4.99 Å².